The van der Waals surface area contributed by atoms with Crippen LogP contribution in [0.1, 0.15) is 26.2 Å². The zero-order valence-corrected chi connectivity index (χ0v) is 19.2. The van der Waals surface area contributed by atoms with Gasteiger partial charge < -0.3 is 54.4 Å². The first kappa shape index (κ1) is 31.0. The second kappa shape index (κ2) is 15.8. The number of carbonyl (C=O) groups is 6. The number of carboxylic acids is 1. The molecule has 0 radical (unpaired) electrons. The molecule has 17 nitrogen and oxygen atoms in total. The molecule has 0 aliphatic carbocycles. The summed E-state index contributed by atoms with van der Waals surface area (Å²) in [6.07, 6.45) is -0.555. The number of aliphatic carboxylic acids is 1. The van der Waals surface area contributed by atoms with Crippen LogP contribution in [0.2, 0.25) is 0 Å². The van der Waals surface area contributed by atoms with Crippen LogP contribution >= 0.6 is 0 Å². The van der Waals surface area contributed by atoms with E-state index >= 15 is 0 Å². The Morgan fingerprint density at radius 3 is 1.89 bits per heavy atom. The van der Waals surface area contributed by atoms with Crippen LogP contribution in [0.5, 0.6) is 0 Å². The van der Waals surface area contributed by atoms with Crippen molar-refractivity contribution in [2.24, 2.45) is 27.9 Å². The number of hydrogen-bond acceptors (Lipinski definition) is 9. The summed E-state index contributed by atoms with van der Waals surface area (Å²) in [7, 11) is 0. The molecule has 0 aromatic heterocycles. The standard InChI is InChI=1S/C18H33N9O8/c1-8(24-13(30)6-19)14(31)26-10(5-12(20)29)16(33)25-9(3-2-4-23-18(21)22)15(32)27-11(7-28)17(34)35/h8-11,28H,2-7,19H2,1H3,(H2,20,29)(H,24,30)(H,25,33)(H,26,31)(H,27,32)(H,34,35)(H4,21,22,23)/t8-,9-,10-,11-/m0/s1. The van der Waals surface area contributed by atoms with Crippen LogP contribution in [0.4, 0.5) is 0 Å². The second-order valence-corrected chi connectivity index (χ2v) is 7.32. The third-order valence-corrected chi connectivity index (χ3v) is 4.37. The molecule has 0 aromatic carbocycles. The molecule has 35 heavy (non-hydrogen) atoms. The molecule has 14 N–H and O–H groups in total. The van der Waals surface area contributed by atoms with Crippen LogP contribution in [0.3, 0.4) is 0 Å². The van der Waals surface area contributed by atoms with E-state index in [9.17, 15) is 28.8 Å². The fourth-order valence-electron chi connectivity index (χ4n) is 2.58. The van der Waals surface area contributed by atoms with E-state index in [0.29, 0.717) is 0 Å². The third kappa shape index (κ3) is 12.7. The number of hydrogen-bond donors (Lipinski definition) is 10. The number of rotatable bonds is 16. The van der Waals surface area contributed by atoms with Gasteiger partial charge in [-0.15, -0.1) is 0 Å². The molecule has 0 bridgehead atoms. The molecule has 0 spiro atoms. The maximum Gasteiger partial charge on any atom is 0.328 e. The molecule has 0 aliphatic heterocycles. The first-order chi connectivity index (χ1) is 16.3. The van der Waals surface area contributed by atoms with Crippen LogP contribution in [-0.2, 0) is 28.8 Å². The number of aliphatic hydroxyl groups excluding tert-OH is 1. The summed E-state index contributed by atoms with van der Waals surface area (Å²) in [6.45, 7) is 0.0836. The first-order valence-corrected chi connectivity index (χ1v) is 10.4. The van der Waals surface area contributed by atoms with E-state index in [0.717, 1.165) is 0 Å². The number of amides is 5. The topological polar surface area (TPSA) is 307 Å². The summed E-state index contributed by atoms with van der Waals surface area (Å²) >= 11 is 0. The zero-order valence-electron chi connectivity index (χ0n) is 19.2. The number of aliphatic hydroxyl groups is 1. The number of nitrogens with one attached hydrogen (secondary N) is 4. The van der Waals surface area contributed by atoms with Gasteiger partial charge in [-0.25, -0.2) is 4.79 Å². The minimum absolute atomic E-state index is 0.0736. The third-order valence-electron chi connectivity index (χ3n) is 4.37. The van der Waals surface area contributed by atoms with E-state index in [1.807, 2.05) is 0 Å². The zero-order chi connectivity index (χ0) is 27.1. The van der Waals surface area contributed by atoms with Gasteiger partial charge in [-0.1, -0.05) is 0 Å². The van der Waals surface area contributed by atoms with Crippen molar-refractivity contribution < 1.29 is 39.0 Å². The Morgan fingerprint density at radius 1 is 0.857 bits per heavy atom. The summed E-state index contributed by atoms with van der Waals surface area (Å²) in [4.78, 5) is 75.4. The van der Waals surface area contributed by atoms with Gasteiger partial charge >= 0.3 is 5.97 Å². The smallest absolute Gasteiger partial charge is 0.328 e. The normalized spacial score (nSPS) is 13.8. The lowest BCUT2D eigenvalue weighted by Gasteiger charge is -2.24. The number of aliphatic imine (C=N–C) groups is 1. The number of carboxylic acid groups (broad SMARTS) is 1. The van der Waals surface area contributed by atoms with E-state index in [1.165, 1.54) is 6.92 Å². The maximum atomic E-state index is 12.8. The Balaban J connectivity index is 5.56. The van der Waals surface area contributed by atoms with Gasteiger partial charge in [0.05, 0.1) is 19.6 Å². The molecule has 0 saturated heterocycles. The van der Waals surface area contributed by atoms with Gasteiger partial charge in [0.2, 0.25) is 29.5 Å². The van der Waals surface area contributed by atoms with Crippen molar-refractivity contribution >= 4 is 41.5 Å². The quantitative estimate of drug-likeness (QED) is 0.0536. The molecule has 0 rings (SSSR count). The summed E-state index contributed by atoms with van der Waals surface area (Å²) in [5.41, 5.74) is 20.8. The molecule has 0 fully saturated rings. The lowest BCUT2D eigenvalue weighted by molar-refractivity contribution is -0.143. The monoisotopic (exact) mass is 503 g/mol. The van der Waals surface area contributed by atoms with Crippen LogP contribution in [0.15, 0.2) is 4.99 Å². The van der Waals surface area contributed by atoms with Crippen LogP contribution in [-0.4, -0.2) is 95.5 Å². The molecule has 4 atom stereocenters. The predicted octanol–water partition coefficient (Wildman–Crippen LogP) is -6.09. The number of primary amides is 1. The summed E-state index contributed by atoms with van der Waals surface area (Å²) in [5, 5.41) is 27.1. The van der Waals surface area contributed by atoms with Crippen molar-refractivity contribution in [2.75, 3.05) is 19.7 Å². The van der Waals surface area contributed by atoms with Crippen molar-refractivity contribution in [1.82, 2.24) is 21.3 Å². The highest BCUT2D eigenvalue weighted by Gasteiger charge is 2.31. The minimum atomic E-state index is -1.65. The molecule has 0 aliphatic rings. The molecule has 17 heteroatoms. The van der Waals surface area contributed by atoms with Crippen molar-refractivity contribution in [3.8, 4) is 0 Å². The van der Waals surface area contributed by atoms with Crippen LogP contribution in [0.25, 0.3) is 0 Å². The Morgan fingerprint density at radius 2 is 1.40 bits per heavy atom. The average Bonchev–Trinajstić information content (AvgIpc) is 2.77. The second-order valence-electron chi connectivity index (χ2n) is 7.32. The minimum Gasteiger partial charge on any atom is -0.480 e. The molecular weight excluding hydrogens is 470 g/mol. The van der Waals surface area contributed by atoms with E-state index in [1.54, 1.807) is 0 Å². The van der Waals surface area contributed by atoms with Crippen molar-refractivity contribution in [2.45, 2.75) is 50.4 Å². The maximum absolute atomic E-state index is 12.8. The molecule has 5 amide bonds. The average molecular weight is 504 g/mol. The van der Waals surface area contributed by atoms with Crippen LogP contribution in [0, 0.1) is 0 Å². The molecular formula is C18H33N9O8. The highest BCUT2D eigenvalue weighted by Crippen LogP contribution is 2.03. The highest BCUT2D eigenvalue weighted by molar-refractivity contribution is 5.96. The van der Waals surface area contributed by atoms with Gasteiger partial charge in [-0.05, 0) is 19.8 Å². The summed E-state index contributed by atoms with van der Waals surface area (Å²) < 4.78 is 0. The van der Waals surface area contributed by atoms with Gasteiger partial charge in [0, 0.05) is 6.54 Å². The molecule has 0 aromatic rings. The molecule has 198 valence electrons. The van der Waals surface area contributed by atoms with Gasteiger partial charge in [-0.2, -0.15) is 0 Å². The van der Waals surface area contributed by atoms with Gasteiger partial charge in [0.25, 0.3) is 0 Å². The number of nitrogens with two attached hydrogens (primary N) is 4. The number of carbonyl (C=O) groups excluding carboxylic acids is 5. The SMILES string of the molecule is C[C@H](NC(=O)CN)C(=O)N[C@@H](CC(N)=O)C(=O)N[C@@H](CCCN=C(N)N)C(=O)N[C@@H](CO)C(=O)O. The predicted molar refractivity (Wildman–Crippen MR) is 121 cm³/mol. The fraction of sp³-hybridized carbons (Fsp3) is 0.611. The Kier molecular flexibility index (Phi) is 14.0. The first-order valence-electron chi connectivity index (χ1n) is 10.4. The largest absolute Gasteiger partial charge is 0.480 e. The molecule has 0 unspecified atom stereocenters. The molecule has 0 heterocycles. The molecule has 0 saturated carbocycles. The van der Waals surface area contributed by atoms with E-state index in [-0.39, 0.29) is 31.9 Å². The van der Waals surface area contributed by atoms with E-state index < -0.39 is 72.7 Å². The highest BCUT2D eigenvalue weighted by atomic mass is 16.4. The van der Waals surface area contributed by atoms with Gasteiger partial charge in [0.1, 0.15) is 24.2 Å². The lowest BCUT2D eigenvalue weighted by atomic mass is 10.1. The van der Waals surface area contributed by atoms with Crippen molar-refractivity contribution in [3.63, 3.8) is 0 Å². The van der Waals surface area contributed by atoms with Crippen LogP contribution < -0.4 is 44.2 Å². The van der Waals surface area contributed by atoms with Crippen molar-refractivity contribution in [1.29, 1.82) is 0 Å². The summed E-state index contributed by atoms with van der Waals surface area (Å²) in [6, 6.07) is -5.65. The van der Waals surface area contributed by atoms with E-state index in [4.69, 9.17) is 33.1 Å². The Hall–Kier alpha value is -3.99. The van der Waals surface area contributed by atoms with Gasteiger partial charge in [0.15, 0.2) is 5.96 Å². The summed E-state index contributed by atoms with van der Waals surface area (Å²) in [5.74, 6) is -6.11. The lowest BCUT2D eigenvalue weighted by Crippen LogP contribution is -2.58. The Labute approximate surface area is 200 Å². The van der Waals surface area contributed by atoms with E-state index in [2.05, 4.69) is 26.3 Å². The fourth-order valence-corrected chi connectivity index (χ4v) is 2.58. The number of nitrogens with zero attached hydrogens (tertiary/aromatic N) is 1. The van der Waals surface area contributed by atoms with Crippen molar-refractivity contribution in [3.05, 3.63) is 0 Å². The Bertz CT molecular complexity index is 816. The van der Waals surface area contributed by atoms with Gasteiger partial charge in [-0.3, -0.25) is 29.0 Å². The number of guanidine groups is 1.